The van der Waals surface area contributed by atoms with Crippen LogP contribution >= 0.6 is 0 Å². The topological polar surface area (TPSA) is 28.2 Å². The second-order valence-electron chi connectivity index (χ2n) is 5.45. The largest absolute Gasteiger partial charge is 0.368 e. The van der Waals surface area contributed by atoms with Crippen LogP contribution in [0.1, 0.15) is 46.5 Å². The van der Waals surface area contributed by atoms with Crippen molar-refractivity contribution in [2.75, 3.05) is 16.8 Å². The number of hydrogen-bond acceptors (Lipinski definition) is 3. The van der Waals surface area contributed by atoms with Crippen LogP contribution in [-0.2, 0) is 0 Å². The molecule has 3 nitrogen and oxygen atoms in total. The van der Waals surface area contributed by atoms with Gasteiger partial charge in [0.25, 0.3) is 0 Å². The van der Waals surface area contributed by atoms with Crippen molar-refractivity contribution in [1.29, 1.82) is 0 Å². The second kappa shape index (κ2) is 6.37. The molecule has 1 aromatic rings. The average Bonchev–Trinajstić information content (AvgIpc) is 2.79. The molecule has 112 valence electrons. The predicted molar refractivity (Wildman–Crippen MR) is 78.2 cm³/mol. The zero-order valence-electron chi connectivity index (χ0n) is 12.4. The molecule has 0 amide bonds. The monoisotopic (exact) mass is 283 g/mol. The molecular weight excluding hydrogens is 260 g/mol. The van der Waals surface area contributed by atoms with Gasteiger partial charge in [-0.3, -0.25) is 0 Å². The van der Waals surface area contributed by atoms with Gasteiger partial charge in [0.2, 0.25) is 0 Å². The Hall–Kier alpha value is -1.39. The Morgan fingerprint density at radius 1 is 1.30 bits per heavy atom. The number of nitrogens with one attached hydrogen (secondary N) is 1. The Labute approximate surface area is 119 Å². The summed E-state index contributed by atoms with van der Waals surface area (Å²) in [4.78, 5) is 6.21. The van der Waals surface area contributed by atoms with E-state index >= 15 is 0 Å². The molecule has 0 aromatic carbocycles. The van der Waals surface area contributed by atoms with Crippen molar-refractivity contribution in [3.8, 4) is 0 Å². The molecule has 2 atom stereocenters. The quantitative estimate of drug-likeness (QED) is 0.887. The minimum atomic E-state index is -0.625. The first-order valence-electron chi connectivity index (χ1n) is 7.46. The van der Waals surface area contributed by atoms with Crippen LogP contribution in [0.25, 0.3) is 0 Å². The van der Waals surface area contributed by atoms with Gasteiger partial charge in [0, 0.05) is 24.7 Å². The van der Waals surface area contributed by atoms with E-state index in [-0.39, 0.29) is 23.7 Å². The Morgan fingerprint density at radius 2 is 2.05 bits per heavy atom. The lowest BCUT2D eigenvalue weighted by molar-refractivity contribution is 0.550. The van der Waals surface area contributed by atoms with Crippen molar-refractivity contribution in [3.63, 3.8) is 0 Å². The van der Waals surface area contributed by atoms with Gasteiger partial charge in [0.1, 0.15) is 0 Å². The number of anilines is 2. The third kappa shape index (κ3) is 2.86. The van der Waals surface area contributed by atoms with Crippen LogP contribution < -0.4 is 10.2 Å². The summed E-state index contributed by atoms with van der Waals surface area (Å²) in [7, 11) is 0. The Morgan fingerprint density at radius 3 is 2.70 bits per heavy atom. The van der Waals surface area contributed by atoms with E-state index < -0.39 is 11.6 Å². The summed E-state index contributed by atoms with van der Waals surface area (Å²) in [5.74, 6) is -0.768. The van der Waals surface area contributed by atoms with Crippen LogP contribution in [0.4, 0.5) is 20.4 Å². The van der Waals surface area contributed by atoms with E-state index in [1.54, 1.807) is 0 Å². The van der Waals surface area contributed by atoms with E-state index in [4.69, 9.17) is 0 Å². The summed E-state index contributed by atoms with van der Waals surface area (Å²) in [6.07, 6.45) is 3.87. The van der Waals surface area contributed by atoms with E-state index in [0.29, 0.717) is 6.54 Å². The summed E-state index contributed by atoms with van der Waals surface area (Å²) in [6, 6.07) is 1.47. The fourth-order valence-electron chi connectivity index (χ4n) is 2.86. The number of rotatable bonds is 5. The van der Waals surface area contributed by atoms with Crippen LogP contribution in [0.5, 0.6) is 0 Å². The van der Waals surface area contributed by atoms with Crippen molar-refractivity contribution >= 4 is 11.6 Å². The maximum atomic E-state index is 14.1. The molecule has 2 heterocycles. The first kappa shape index (κ1) is 15.0. The second-order valence-corrected chi connectivity index (χ2v) is 5.45. The molecule has 2 rings (SSSR count). The van der Waals surface area contributed by atoms with Crippen LogP contribution in [-0.4, -0.2) is 23.6 Å². The first-order valence-corrected chi connectivity index (χ1v) is 7.46. The molecule has 1 aliphatic heterocycles. The SMILES string of the molecule is CCCNc1nc(N2C(C)CCC2CC)c(F)cc1F. The zero-order chi connectivity index (χ0) is 14.7. The van der Waals surface area contributed by atoms with Gasteiger partial charge < -0.3 is 10.2 Å². The van der Waals surface area contributed by atoms with Crippen molar-refractivity contribution < 1.29 is 8.78 Å². The normalized spacial score (nSPS) is 22.4. The lowest BCUT2D eigenvalue weighted by Gasteiger charge is -2.29. The Kier molecular flexibility index (Phi) is 4.78. The highest BCUT2D eigenvalue weighted by Gasteiger charge is 2.32. The van der Waals surface area contributed by atoms with Crippen molar-refractivity contribution in [2.24, 2.45) is 0 Å². The Bertz CT molecular complexity index is 465. The third-order valence-corrected chi connectivity index (χ3v) is 3.96. The molecule has 1 aromatic heterocycles. The van der Waals surface area contributed by atoms with Gasteiger partial charge in [-0.2, -0.15) is 0 Å². The summed E-state index contributed by atoms with van der Waals surface area (Å²) >= 11 is 0. The summed E-state index contributed by atoms with van der Waals surface area (Å²) in [5, 5.41) is 2.92. The van der Waals surface area contributed by atoms with Gasteiger partial charge in [0.15, 0.2) is 23.3 Å². The zero-order valence-corrected chi connectivity index (χ0v) is 12.4. The number of pyridine rings is 1. The molecule has 0 radical (unpaired) electrons. The molecule has 0 aliphatic carbocycles. The van der Waals surface area contributed by atoms with E-state index in [9.17, 15) is 8.78 Å². The molecular formula is C15H23F2N3. The molecule has 5 heteroatoms. The van der Waals surface area contributed by atoms with Crippen molar-refractivity contribution in [1.82, 2.24) is 4.98 Å². The van der Waals surface area contributed by atoms with Gasteiger partial charge in [-0.15, -0.1) is 0 Å². The van der Waals surface area contributed by atoms with Crippen LogP contribution in [0.3, 0.4) is 0 Å². The minimum Gasteiger partial charge on any atom is -0.368 e. The highest BCUT2D eigenvalue weighted by Crippen LogP contribution is 2.33. The molecule has 0 saturated carbocycles. The molecule has 0 bridgehead atoms. The number of nitrogens with zero attached hydrogens (tertiary/aromatic N) is 2. The van der Waals surface area contributed by atoms with E-state index in [0.717, 1.165) is 31.7 Å². The van der Waals surface area contributed by atoms with E-state index in [2.05, 4.69) is 24.1 Å². The lowest BCUT2D eigenvalue weighted by Crippen LogP contribution is -2.35. The fraction of sp³-hybridized carbons (Fsp3) is 0.667. The van der Waals surface area contributed by atoms with Gasteiger partial charge in [-0.05, 0) is 32.6 Å². The molecule has 0 spiro atoms. The van der Waals surface area contributed by atoms with Crippen molar-refractivity contribution in [3.05, 3.63) is 17.7 Å². The van der Waals surface area contributed by atoms with Gasteiger partial charge in [0.05, 0.1) is 0 Å². The predicted octanol–water partition coefficient (Wildman–Crippen LogP) is 3.95. The summed E-state index contributed by atoms with van der Waals surface area (Å²) in [6.45, 7) is 6.78. The molecule has 1 saturated heterocycles. The fourth-order valence-corrected chi connectivity index (χ4v) is 2.86. The standard InChI is InChI=1S/C15H23F2N3/c1-4-8-18-14-12(16)9-13(17)15(19-14)20-10(3)6-7-11(20)5-2/h9-11H,4-8H2,1-3H3,(H,18,19). The highest BCUT2D eigenvalue weighted by atomic mass is 19.1. The molecule has 20 heavy (non-hydrogen) atoms. The van der Waals surface area contributed by atoms with Crippen molar-refractivity contribution in [2.45, 2.75) is 58.5 Å². The molecule has 1 aliphatic rings. The molecule has 2 unspecified atom stereocenters. The minimum absolute atomic E-state index is 0.150. The smallest absolute Gasteiger partial charge is 0.168 e. The molecule has 1 N–H and O–H groups in total. The van der Waals surface area contributed by atoms with Gasteiger partial charge in [-0.1, -0.05) is 13.8 Å². The van der Waals surface area contributed by atoms with Gasteiger partial charge >= 0.3 is 0 Å². The van der Waals surface area contributed by atoms with Crippen LogP contribution in [0, 0.1) is 11.6 Å². The maximum Gasteiger partial charge on any atom is 0.168 e. The number of aromatic nitrogens is 1. The third-order valence-electron chi connectivity index (χ3n) is 3.96. The average molecular weight is 283 g/mol. The molecule has 1 fully saturated rings. The summed E-state index contributed by atoms with van der Waals surface area (Å²) < 4.78 is 27.8. The highest BCUT2D eigenvalue weighted by molar-refractivity contribution is 5.51. The van der Waals surface area contributed by atoms with Crippen LogP contribution in [0.2, 0.25) is 0 Å². The lowest BCUT2D eigenvalue weighted by atomic mass is 10.1. The first-order chi connectivity index (χ1) is 9.58. The number of hydrogen-bond donors (Lipinski definition) is 1. The Balaban J connectivity index is 2.34. The van der Waals surface area contributed by atoms with E-state index in [1.165, 1.54) is 0 Å². The van der Waals surface area contributed by atoms with Gasteiger partial charge in [-0.25, -0.2) is 13.8 Å². The van der Waals surface area contributed by atoms with E-state index in [1.807, 2.05) is 11.8 Å². The number of halogens is 2. The van der Waals surface area contributed by atoms with Crippen LogP contribution in [0.15, 0.2) is 6.07 Å². The maximum absolute atomic E-state index is 14.1. The summed E-state index contributed by atoms with van der Waals surface area (Å²) in [5.41, 5.74) is 0.